The van der Waals surface area contributed by atoms with E-state index in [4.69, 9.17) is 4.74 Å². The van der Waals surface area contributed by atoms with Crippen LogP contribution in [0.25, 0.3) is 11.4 Å². The van der Waals surface area contributed by atoms with Crippen molar-refractivity contribution in [2.45, 2.75) is 38.9 Å². The Bertz CT molecular complexity index is 848. The number of aromatic nitrogens is 4. The Balaban J connectivity index is 1.52. The Hall–Kier alpha value is -2.34. The van der Waals surface area contributed by atoms with E-state index in [9.17, 15) is 0 Å². The highest BCUT2D eigenvalue weighted by Crippen LogP contribution is 2.24. The lowest BCUT2D eigenvalue weighted by Gasteiger charge is -2.09. The lowest BCUT2D eigenvalue weighted by Crippen LogP contribution is -2.02. The first-order valence-corrected chi connectivity index (χ1v) is 9.84. The maximum atomic E-state index is 5.85. The third-order valence-electron chi connectivity index (χ3n) is 4.24. The largest absolute Gasteiger partial charge is 0.494 e. The fourth-order valence-electron chi connectivity index (χ4n) is 2.61. The van der Waals surface area contributed by atoms with Gasteiger partial charge in [0.2, 0.25) is 0 Å². The zero-order chi connectivity index (χ0) is 18.4. The topological polar surface area (TPSA) is 52.8 Å². The zero-order valence-corrected chi connectivity index (χ0v) is 16.3. The molecule has 6 heteroatoms. The molecule has 2 heterocycles. The summed E-state index contributed by atoms with van der Waals surface area (Å²) in [5.41, 5.74) is 3.59. The second-order valence-corrected chi connectivity index (χ2v) is 7.14. The second-order valence-electron chi connectivity index (χ2n) is 6.08. The summed E-state index contributed by atoms with van der Waals surface area (Å²) >= 11 is 1.72. The van der Waals surface area contributed by atoms with Crippen molar-refractivity contribution < 1.29 is 4.74 Å². The van der Waals surface area contributed by atoms with Gasteiger partial charge < -0.3 is 9.30 Å². The highest BCUT2D eigenvalue weighted by molar-refractivity contribution is 7.99. The zero-order valence-electron chi connectivity index (χ0n) is 15.5. The van der Waals surface area contributed by atoms with Gasteiger partial charge in [-0.05, 0) is 62.6 Å². The van der Waals surface area contributed by atoms with Gasteiger partial charge in [0.25, 0.3) is 0 Å². The summed E-state index contributed by atoms with van der Waals surface area (Å²) in [4.78, 5) is 4.06. The molecule has 1 aromatic carbocycles. The molecule has 2 aromatic heterocycles. The number of pyridine rings is 1. The average molecular weight is 369 g/mol. The van der Waals surface area contributed by atoms with E-state index in [2.05, 4.69) is 52.7 Å². The van der Waals surface area contributed by atoms with Crippen molar-refractivity contribution in [2.24, 2.45) is 0 Å². The predicted octanol–water partition coefficient (Wildman–Crippen LogP) is 4.54. The maximum absolute atomic E-state index is 5.85. The van der Waals surface area contributed by atoms with Crippen LogP contribution in [0.2, 0.25) is 0 Å². The maximum Gasteiger partial charge on any atom is 0.191 e. The molecule has 3 aromatic rings. The van der Waals surface area contributed by atoms with Crippen LogP contribution in [0.4, 0.5) is 0 Å². The SMILES string of the molecule is CCn1c(SCCCOc2ccc(C)c(C)c2)nnc1-c1ccncc1. The van der Waals surface area contributed by atoms with E-state index < -0.39 is 0 Å². The van der Waals surface area contributed by atoms with E-state index in [1.165, 1.54) is 11.1 Å². The van der Waals surface area contributed by atoms with Crippen molar-refractivity contribution in [3.63, 3.8) is 0 Å². The number of thioether (sulfide) groups is 1. The molecule has 0 fully saturated rings. The fraction of sp³-hybridized carbons (Fsp3) is 0.350. The Labute approximate surface area is 158 Å². The first kappa shape index (κ1) is 18.5. The van der Waals surface area contributed by atoms with Gasteiger partial charge >= 0.3 is 0 Å². The minimum atomic E-state index is 0.701. The van der Waals surface area contributed by atoms with Crippen LogP contribution in [0.1, 0.15) is 24.5 Å². The number of nitrogens with zero attached hydrogens (tertiary/aromatic N) is 4. The first-order chi connectivity index (χ1) is 12.7. The predicted molar refractivity (Wildman–Crippen MR) is 106 cm³/mol. The molecule has 136 valence electrons. The van der Waals surface area contributed by atoms with Gasteiger partial charge in [0, 0.05) is 30.3 Å². The van der Waals surface area contributed by atoms with Crippen LogP contribution < -0.4 is 4.74 Å². The van der Waals surface area contributed by atoms with Crippen molar-refractivity contribution in [3.05, 3.63) is 53.9 Å². The van der Waals surface area contributed by atoms with E-state index >= 15 is 0 Å². The number of aryl methyl sites for hydroxylation is 2. The lowest BCUT2D eigenvalue weighted by atomic mass is 10.1. The molecule has 0 radical (unpaired) electrons. The molecular formula is C20H24N4OS. The van der Waals surface area contributed by atoms with Crippen molar-refractivity contribution in [3.8, 4) is 17.1 Å². The van der Waals surface area contributed by atoms with Gasteiger partial charge in [0.15, 0.2) is 11.0 Å². The molecule has 3 rings (SSSR count). The van der Waals surface area contributed by atoms with Crippen LogP contribution in [0.5, 0.6) is 5.75 Å². The van der Waals surface area contributed by atoms with Crippen LogP contribution in [0, 0.1) is 13.8 Å². The summed E-state index contributed by atoms with van der Waals surface area (Å²) in [6, 6.07) is 10.1. The Kier molecular flexibility index (Phi) is 6.28. The molecule has 0 aliphatic heterocycles. The smallest absolute Gasteiger partial charge is 0.191 e. The summed E-state index contributed by atoms with van der Waals surface area (Å²) < 4.78 is 7.99. The van der Waals surface area contributed by atoms with E-state index in [-0.39, 0.29) is 0 Å². The molecule has 5 nitrogen and oxygen atoms in total. The van der Waals surface area contributed by atoms with Gasteiger partial charge in [-0.1, -0.05) is 17.8 Å². The molecular weight excluding hydrogens is 344 g/mol. The number of benzene rings is 1. The molecule has 0 bridgehead atoms. The first-order valence-electron chi connectivity index (χ1n) is 8.85. The van der Waals surface area contributed by atoms with Crippen LogP contribution in [-0.2, 0) is 6.54 Å². The summed E-state index contributed by atoms with van der Waals surface area (Å²) in [6.07, 6.45) is 4.51. The van der Waals surface area contributed by atoms with Crippen LogP contribution >= 0.6 is 11.8 Å². The van der Waals surface area contributed by atoms with Crippen LogP contribution in [0.3, 0.4) is 0 Å². The Morgan fingerprint density at radius 2 is 1.85 bits per heavy atom. The van der Waals surface area contributed by atoms with Gasteiger partial charge in [-0.3, -0.25) is 4.98 Å². The minimum absolute atomic E-state index is 0.701. The summed E-state index contributed by atoms with van der Waals surface area (Å²) in [5, 5.41) is 9.66. The molecule has 0 amide bonds. The van der Waals surface area contributed by atoms with Crippen molar-refractivity contribution >= 4 is 11.8 Å². The third-order valence-corrected chi connectivity index (χ3v) is 5.29. The number of ether oxygens (including phenoxy) is 1. The van der Waals surface area contributed by atoms with Crippen LogP contribution in [0.15, 0.2) is 47.9 Å². The Morgan fingerprint density at radius 1 is 1.04 bits per heavy atom. The summed E-state index contributed by atoms with van der Waals surface area (Å²) in [6.45, 7) is 7.87. The molecule has 0 spiro atoms. The van der Waals surface area contributed by atoms with Crippen LogP contribution in [-0.4, -0.2) is 32.1 Å². The molecule has 0 atom stereocenters. The van der Waals surface area contributed by atoms with Gasteiger partial charge in [-0.15, -0.1) is 10.2 Å². The fourth-order valence-corrected chi connectivity index (χ4v) is 3.53. The van der Waals surface area contributed by atoms with Gasteiger partial charge in [0.1, 0.15) is 5.75 Å². The molecule has 0 aliphatic rings. The van der Waals surface area contributed by atoms with Gasteiger partial charge in [-0.2, -0.15) is 0 Å². The average Bonchev–Trinajstić information content (AvgIpc) is 3.08. The standard InChI is InChI=1S/C20H24N4OS/c1-4-24-19(17-8-10-21-11-9-17)22-23-20(24)26-13-5-12-25-18-7-6-15(2)16(3)14-18/h6-11,14H,4-5,12-13H2,1-3H3. The Morgan fingerprint density at radius 3 is 2.58 bits per heavy atom. The number of hydrogen-bond donors (Lipinski definition) is 0. The highest BCUT2D eigenvalue weighted by atomic mass is 32.2. The van der Waals surface area contributed by atoms with Gasteiger partial charge in [0.05, 0.1) is 6.61 Å². The molecule has 26 heavy (non-hydrogen) atoms. The van der Waals surface area contributed by atoms with E-state index in [0.29, 0.717) is 6.61 Å². The molecule has 0 N–H and O–H groups in total. The summed E-state index contributed by atoms with van der Waals surface area (Å²) in [5.74, 6) is 2.78. The highest BCUT2D eigenvalue weighted by Gasteiger charge is 2.12. The molecule has 0 saturated heterocycles. The molecule has 0 saturated carbocycles. The van der Waals surface area contributed by atoms with E-state index in [1.54, 1.807) is 24.2 Å². The third kappa shape index (κ3) is 4.43. The molecule has 0 unspecified atom stereocenters. The number of hydrogen-bond acceptors (Lipinski definition) is 5. The minimum Gasteiger partial charge on any atom is -0.494 e. The monoisotopic (exact) mass is 368 g/mol. The second kappa shape index (κ2) is 8.85. The summed E-state index contributed by atoms with van der Waals surface area (Å²) in [7, 11) is 0. The van der Waals surface area contributed by atoms with Crippen molar-refractivity contribution in [2.75, 3.05) is 12.4 Å². The van der Waals surface area contributed by atoms with Crippen molar-refractivity contribution in [1.29, 1.82) is 0 Å². The normalized spacial score (nSPS) is 10.9. The van der Waals surface area contributed by atoms with E-state index in [1.807, 2.05) is 18.2 Å². The van der Waals surface area contributed by atoms with E-state index in [0.717, 1.165) is 41.0 Å². The molecule has 0 aliphatic carbocycles. The lowest BCUT2D eigenvalue weighted by molar-refractivity contribution is 0.318. The van der Waals surface area contributed by atoms with Gasteiger partial charge in [-0.25, -0.2) is 0 Å². The van der Waals surface area contributed by atoms with Crippen molar-refractivity contribution in [1.82, 2.24) is 19.7 Å². The quantitative estimate of drug-likeness (QED) is 0.432. The number of rotatable bonds is 8.